The van der Waals surface area contributed by atoms with Crippen molar-refractivity contribution in [3.8, 4) is 5.75 Å². The smallest absolute Gasteiger partial charge is 0.191 e. The van der Waals surface area contributed by atoms with Crippen molar-refractivity contribution in [1.82, 2.24) is 10.6 Å². The van der Waals surface area contributed by atoms with Gasteiger partial charge in [0.25, 0.3) is 0 Å². The van der Waals surface area contributed by atoms with Crippen molar-refractivity contribution in [3.05, 3.63) is 65.7 Å². The number of nitrogens with zero attached hydrogens (tertiary/aromatic N) is 1. The van der Waals surface area contributed by atoms with Gasteiger partial charge in [-0.2, -0.15) is 0 Å². The van der Waals surface area contributed by atoms with Gasteiger partial charge in [-0.3, -0.25) is 4.99 Å². The zero-order valence-electron chi connectivity index (χ0n) is 19.0. The molecule has 0 amide bonds. The first-order valence-electron chi connectivity index (χ1n) is 11.1. The van der Waals surface area contributed by atoms with E-state index in [0.29, 0.717) is 13.1 Å². The van der Waals surface area contributed by atoms with Gasteiger partial charge in [0, 0.05) is 37.6 Å². The summed E-state index contributed by atoms with van der Waals surface area (Å²) in [5.41, 5.74) is 2.34. The number of aliphatic hydroxyl groups is 1. The second-order valence-corrected chi connectivity index (χ2v) is 7.99. The monoisotopic (exact) mass is 553 g/mol. The number of halogens is 1. The van der Waals surface area contributed by atoms with Gasteiger partial charge < -0.3 is 25.2 Å². The molecule has 1 fully saturated rings. The summed E-state index contributed by atoms with van der Waals surface area (Å²) >= 11 is 0. The van der Waals surface area contributed by atoms with Crippen molar-refractivity contribution in [3.63, 3.8) is 0 Å². The Bertz CT molecular complexity index is 809. The number of hydrogen-bond donors (Lipinski definition) is 3. The minimum atomic E-state index is -0.0529. The summed E-state index contributed by atoms with van der Waals surface area (Å²) in [5, 5.41) is 16.6. The summed E-state index contributed by atoms with van der Waals surface area (Å²) in [6.45, 7) is 5.70. The second kappa shape index (κ2) is 13.6. The van der Waals surface area contributed by atoms with E-state index < -0.39 is 0 Å². The molecular weight excluding hydrogens is 517 g/mol. The van der Waals surface area contributed by atoms with Crippen LogP contribution in [0.15, 0.2) is 59.6 Å². The van der Waals surface area contributed by atoms with E-state index >= 15 is 0 Å². The first-order chi connectivity index (χ1) is 15.2. The highest BCUT2D eigenvalue weighted by Crippen LogP contribution is 2.36. The Morgan fingerprint density at radius 2 is 1.78 bits per heavy atom. The van der Waals surface area contributed by atoms with Crippen LogP contribution in [-0.4, -0.2) is 57.6 Å². The molecule has 2 aromatic carbocycles. The number of nitrogens with one attached hydrogen (secondary N) is 2. The molecule has 3 rings (SSSR count). The van der Waals surface area contributed by atoms with Crippen LogP contribution >= 0.6 is 24.0 Å². The van der Waals surface area contributed by atoms with Crippen LogP contribution in [0.4, 0.5) is 0 Å². The van der Waals surface area contributed by atoms with E-state index in [4.69, 9.17) is 14.5 Å². The number of methoxy groups -OCH3 is 1. The molecule has 3 N–H and O–H groups in total. The third-order valence-electron chi connectivity index (χ3n) is 6.04. The Morgan fingerprint density at radius 1 is 1.09 bits per heavy atom. The lowest BCUT2D eigenvalue weighted by atomic mass is 9.74. The Morgan fingerprint density at radius 3 is 2.38 bits per heavy atom. The van der Waals surface area contributed by atoms with E-state index in [9.17, 15) is 5.11 Å². The molecule has 1 aliphatic heterocycles. The molecule has 6 nitrogen and oxygen atoms in total. The summed E-state index contributed by atoms with van der Waals surface area (Å²) in [6.07, 6.45) is 1.87. The summed E-state index contributed by atoms with van der Waals surface area (Å²) in [4.78, 5) is 4.95. The van der Waals surface area contributed by atoms with E-state index in [-0.39, 0.29) is 41.9 Å². The lowest BCUT2D eigenvalue weighted by Gasteiger charge is -2.36. The number of aliphatic imine (C=N–C) groups is 1. The van der Waals surface area contributed by atoms with Gasteiger partial charge in [0.15, 0.2) is 5.96 Å². The maximum Gasteiger partial charge on any atom is 0.191 e. The summed E-state index contributed by atoms with van der Waals surface area (Å²) in [5.74, 6) is 1.65. The first-order valence-corrected chi connectivity index (χ1v) is 11.1. The molecule has 1 saturated heterocycles. The fourth-order valence-electron chi connectivity index (χ4n) is 4.05. The molecule has 1 atom stereocenters. The molecule has 0 spiro atoms. The predicted molar refractivity (Wildman–Crippen MR) is 140 cm³/mol. The molecule has 0 aliphatic carbocycles. The minimum Gasteiger partial charge on any atom is -0.497 e. The van der Waals surface area contributed by atoms with E-state index in [1.54, 1.807) is 7.11 Å². The predicted octanol–water partition coefficient (Wildman–Crippen LogP) is 3.69. The van der Waals surface area contributed by atoms with Crippen molar-refractivity contribution >= 4 is 29.9 Å². The van der Waals surface area contributed by atoms with E-state index in [0.717, 1.165) is 49.9 Å². The van der Waals surface area contributed by atoms with Crippen molar-refractivity contribution in [1.29, 1.82) is 0 Å². The third kappa shape index (κ3) is 7.08. The maximum absolute atomic E-state index is 9.86. The SMILES string of the molecule is CCNC(=NCC1(c2ccc(OC)cc2)CCOCC1)NCC(CO)c1ccccc1.I. The van der Waals surface area contributed by atoms with Gasteiger partial charge in [0.1, 0.15) is 5.75 Å². The van der Waals surface area contributed by atoms with Gasteiger partial charge in [-0.05, 0) is 43.0 Å². The fourth-order valence-corrected chi connectivity index (χ4v) is 4.05. The van der Waals surface area contributed by atoms with Gasteiger partial charge in [0.05, 0.1) is 20.3 Å². The van der Waals surface area contributed by atoms with Crippen molar-refractivity contribution in [2.75, 3.05) is 46.6 Å². The number of ether oxygens (including phenoxy) is 2. The lowest BCUT2D eigenvalue weighted by molar-refractivity contribution is 0.0531. The standard InChI is InChI=1S/C25H35N3O3.HI/c1-3-26-24(27-17-21(18-29)20-7-5-4-6-8-20)28-19-25(13-15-31-16-14-25)22-9-11-23(30-2)12-10-22;/h4-12,21,29H,3,13-19H2,1-2H3,(H2,26,27,28);1H. The molecule has 7 heteroatoms. The maximum atomic E-state index is 9.86. The number of rotatable bonds is 9. The van der Waals surface area contributed by atoms with Gasteiger partial charge in [-0.25, -0.2) is 0 Å². The number of benzene rings is 2. The molecule has 1 unspecified atom stereocenters. The average Bonchev–Trinajstić information content (AvgIpc) is 2.84. The van der Waals surface area contributed by atoms with Crippen LogP contribution in [0.5, 0.6) is 5.75 Å². The topological polar surface area (TPSA) is 75.1 Å². The Balaban J connectivity index is 0.00000363. The summed E-state index contributed by atoms with van der Waals surface area (Å²) in [7, 11) is 1.69. The highest BCUT2D eigenvalue weighted by atomic mass is 127. The molecule has 1 heterocycles. The average molecular weight is 553 g/mol. The van der Waals surface area contributed by atoms with Crippen LogP contribution in [0.1, 0.15) is 36.8 Å². The van der Waals surface area contributed by atoms with E-state index in [1.807, 2.05) is 42.5 Å². The van der Waals surface area contributed by atoms with Gasteiger partial charge >= 0.3 is 0 Å². The van der Waals surface area contributed by atoms with Crippen molar-refractivity contribution in [2.45, 2.75) is 31.1 Å². The van der Waals surface area contributed by atoms with E-state index in [2.05, 4.69) is 29.7 Å². The molecule has 32 heavy (non-hydrogen) atoms. The van der Waals surface area contributed by atoms with Crippen molar-refractivity contribution in [2.24, 2.45) is 4.99 Å². The molecule has 0 radical (unpaired) electrons. The molecule has 2 aromatic rings. The summed E-state index contributed by atoms with van der Waals surface area (Å²) < 4.78 is 11.0. The first kappa shape index (κ1) is 26.4. The van der Waals surface area contributed by atoms with Gasteiger partial charge in [-0.1, -0.05) is 42.5 Å². The largest absolute Gasteiger partial charge is 0.497 e. The van der Waals surface area contributed by atoms with Crippen LogP contribution in [0.2, 0.25) is 0 Å². The fraction of sp³-hybridized carbons (Fsp3) is 0.480. The lowest BCUT2D eigenvalue weighted by Crippen LogP contribution is -2.42. The van der Waals surface area contributed by atoms with Crippen LogP contribution < -0.4 is 15.4 Å². The zero-order valence-corrected chi connectivity index (χ0v) is 21.4. The zero-order chi connectivity index (χ0) is 21.9. The number of guanidine groups is 1. The molecular formula is C25H36IN3O3. The second-order valence-electron chi connectivity index (χ2n) is 7.99. The van der Waals surface area contributed by atoms with Crippen LogP contribution in [-0.2, 0) is 10.2 Å². The van der Waals surface area contributed by atoms with Crippen LogP contribution in [0.3, 0.4) is 0 Å². The van der Waals surface area contributed by atoms with Crippen LogP contribution in [0, 0.1) is 0 Å². The Labute approximate surface area is 208 Å². The highest BCUT2D eigenvalue weighted by Gasteiger charge is 2.34. The van der Waals surface area contributed by atoms with Gasteiger partial charge in [-0.15, -0.1) is 24.0 Å². The Hall–Kier alpha value is -1.84. The van der Waals surface area contributed by atoms with Crippen LogP contribution in [0.25, 0.3) is 0 Å². The summed E-state index contributed by atoms with van der Waals surface area (Å²) in [6, 6.07) is 18.4. The van der Waals surface area contributed by atoms with Gasteiger partial charge in [0.2, 0.25) is 0 Å². The molecule has 0 saturated carbocycles. The normalized spacial score (nSPS) is 16.5. The molecule has 176 valence electrons. The minimum absolute atomic E-state index is 0. The molecule has 0 aromatic heterocycles. The third-order valence-corrected chi connectivity index (χ3v) is 6.04. The Kier molecular flexibility index (Phi) is 11.3. The van der Waals surface area contributed by atoms with Crippen molar-refractivity contribution < 1.29 is 14.6 Å². The highest BCUT2D eigenvalue weighted by molar-refractivity contribution is 14.0. The number of aliphatic hydroxyl groups excluding tert-OH is 1. The van der Waals surface area contributed by atoms with E-state index in [1.165, 1.54) is 5.56 Å². The quantitative estimate of drug-likeness (QED) is 0.251. The molecule has 1 aliphatic rings. The number of hydrogen-bond acceptors (Lipinski definition) is 4. The molecule has 0 bridgehead atoms.